The van der Waals surface area contributed by atoms with E-state index in [1.54, 1.807) is 48.5 Å². The molecule has 0 aromatic heterocycles. The molecule has 0 bridgehead atoms. The third-order valence-corrected chi connectivity index (χ3v) is 5.40. The molecule has 0 unspecified atom stereocenters. The van der Waals surface area contributed by atoms with E-state index in [1.165, 1.54) is 0 Å². The molecule has 0 fully saturated rings. The fourth-order valence-corrected chi connectivity index (χ4v) is 3.31. The Bertz CT molecular complexity index is 835. The molecule has 0 saturated heterocycles. The van der Waals surface area contributed by atoms with Crippen LogP contribution in [0.3, 0.4) is 0 Å². The van der Waals surface area contributed by atoms with Gasteiger partial charge in [-0.25, -0.2) is 0 Å². The monoisotopic (exact) mass is 598 g/mol. The number of alkyl halides is 2. The highest BCUT2D eigenvalue weighted by atomic mass is 79.9. The van der Waals surface area contributed by atoms with Crippen molar-refractivity contribution in [3.05, 3.63) is 59.7 Å². The molecular weight excluding hydrogens is 568 g/mol. The number of halogens is 2. The predicted octanol–water partition coefficient (Wildman–Crippen LogP) is 5.89. The maximum absolute atomic E-state index is 12.2. The molecule has 34 heavy (non-hydrogen) atoms. The first kappa shape index (κ1) is 28.5. The summed E-state index contributed by atoms with van der Waals surface area (Å²) in [5.41, 5.74) is 1.27. The SMILES string of the molecule is CC(C)(Br)C(=O)c1ccc(OCCOCCOCCOc2ccc(C(=O)C(C)(C)Br)cc2)cc1. The van der Waals surface area contributed by atoms with Crippen molar-refractivity contribution < 1.29 is 28.5 Å². The van der Waals surface area contributed by atoms with Crippen LogP contribution in [0.4, 0.5) is 0 Å². The van der Waals surface area contributed by atoms with Gasteiger partial charge in [0.05, 0.1) is 35.1 Å². The average molecular weight is 600 g/mol. The van der Waals surface area contributed by atoms with Gasteiger partial charge in [0.25, 0.3) is 0 Å². The third kappa shape index (κ3) is 9.86. The molecule has 186 valence electrons. The number of rotatable bonds is 15. The first-order valence-corrected chi connectivity index (χ1v) is 12.7. The number of ether oxygens (including phenoxy) is 4. The summed E-state index contributed by atoms with van der Waals surface area (Å²) in [5.74, 6) is 1.43. The van der Waals surface area contributed by atoms with E-state index in [0.29, 0.717) is 62.3 Å². The molecule has 8 heteroatoms. The highest BCUT2D eigenvalue weighted by Gasteiger charge is 2.25. The van der Waals surface area contributed by atoms with Gasteiger partial charge in [-0.1, -0.05) is 31.9 Å². The van der Waals surface area contributed by atoms with E-state index in [9.17, 15) is 9.59 Å². The second-order valence-electron chi connectivity index (χ2n) is 8.57. The minimum Gasteiger partial charge on any atom is -0.491 e. The van der Waals surface area contributed by atoms with Crippen molar-refractivity contribution in [1.29, 1.82) is 0 Å². The molecule has 0 aliphatic carbocycles. The first-order chi connectivity index (χ1) is 16.0. The number of hydrogen-bond donors (Lipinski definition) is 0. The number of carbonyl (C=O) groups is 2. The molecule has 6 nitrogen and oxygen atoms in total. The van der Waals surface area contributed by atoms with Crippen LogP contribution in [-0.2, 0) is 9.47 Å². The van der Waals surface area contributed by atoms with Crippen LogP contribution in [0.2, 0.25) is 0 Å². The fraction of sp³-hybridized carbons (Fsp3) is 0.462. The van der Waals surface area contributed by atoms with Gasteiger partial charge in [0.15, 0.2) is 11.6 Å². The lowest BCUT2D eigenvalue weighted by Gasteiger charge is -2.15. The summed E-state index contributed by atoms with van der Waals surface area (Å²) in [6.45, 7) is 9.89. The summed E-state index contributed by atoms with van der Waals surface area (Å²) in [6.07, 6.45) is 0. The molecule has 2 rings (SSSR count). The summed E-state index contributed by atoms with van der Waals surface area (Å²) >= 11 is 6.76. The van der Waals surface area contributed by atoms with Crippen molar-refractivity contribution in [2.24, 2.45) is 0 Å². The highest BCUT2D eigenvalue weighted by Crippen LogP contribution is 2.24. The zero-order chi connectivity index (χ0) is 25.2. The van der Waals surface area contributed by atoms with Crippen LogP contribution in [0.25, 0.3) is 0 Å². The van der Waals surface area contributed by atoms with Gasteiger partial charge >= 0.3 is 0 Å². The smallest absolute Gasteiger partial charge is 0.178 e. The maximum Gasteiger partial charge on any atom is 0.178 e. The maximum atomic E-state index is 12.2. The Morgan fingerprint density at radius 2 is 0.882 bits per heavy atom. The predicted molar refractivity (Wildman–Crippen MR) is 140 cm³/mol. The second-order valence-corrected chi connectivity index (χ2v) is 12.5. The van der Waals surface area contributed by atoms with E-state index in [2.05, 4.69) is 31.9 Å². The Morgan fingerprint density at radius 1 is 0.588 bits per heavy atom. The van der Waals surface area contributed by atoms with Gasteiger partial charge in [0.2, 0.25) is 0 Å². The molecule has 0 aliphatic rings. The minimum absolute atomic E-state index is 0.0246. The van der Waals surface area contributed by atoms with Crippen molar-refractivity contribution in [2.45, 2.75) is 36.3 Å². The number of Topliss-reactive ketones (excluding diaryl/α,β-unsaturated/α-hetero) is 2. The quantitative estimate of drug-likeness (QED) is 0.144. The molecule has 0 N–H and O–H groups in total. The van der Waals surface area contributed by atoms with Crippen molar-refractivity contribution >= 4 is 43.4 Å². The summed E-state index contributed by atoms with van der Waals surface area (Å²) < 4.78 is 21.1. The largest absolute Gasteiger partial charge is 0.491 e. The molecule has 0 atom stereocenters. The van der Waals surface area contributed by atoms with E-state index >= 15 is 0 Å². The zero-order valence-electron chi connectivity index (χ0n) is 20.1. The van der Waals surface area contributed by atoms with Crippen molar-refractivity contribution in [1.82, 2.24) is 0 Å². The molecule has 2 aromatic carbocycles. The van der Waals surface area contributed by atoms with Crippen molar-refractivity contribution in [3.8, 4) is 11.5 Å². The van der Waals surface area contributed by atoms with Crippen LogP contribution in [0.5, 0.6) is 11.5 Å². The Kier molecular flexibility index (Phi) is 11.2. The fourth-order valence-electron chi connectivity index (χ4n) is 2.85. The summed E-state index contributed by atoms with van der Waals surface area (Å²) in [4.78, 5) is 24.4. The van der Waals surface area contributed by atoms with Crippen LogP contribution < -0.4 is 9.47 Å². The van der Waals surface area contributed by atoms with Gasteiger partial charge < -0.3 is 18.9 Å². The summed E-state index contributed by atoms with van der Waals surface area (Å²) in [7, 11) is 0. The van der Waals surface area contributed by atoms with Crippen LogP contribution in [0.1, 0.15) is 48.4 Å². The topological polar surface area (TPSA) is 71.1 Å². The highest BCUT2D eigenvalue weighted by molar-refractivity contribution is 9.10. The van der Waals surface area contributed by atoms with Gasteiger partial charge in [-0.3, -0.25) is 9.59 Å². The zero-order valence-corrected chi connectivity index (χ0v) is 23.2. The van der Waals surface area contributed by atoms with Crippen LogP contribution in [-0.4, -0.2) is 59.9 Å². The van der Waals surface area contributed by atoms with Gasteiger partial charge in [-0.15, -0.1) is 0 Å². The first-order valence-electron chi connectivity index (χ1n) is 11.1. The number of ketones is 2. The van der Waals surface area contributed by atoms with Gasteiger partial charge in [-0.2, -0.15) is 0 Å². The van der Waals surface area contributed by atoms with Crippen molar-refractivity contribution in [3.63, 3.8) is 0 Å². The number of hydrogen-bond acceptors (Lipinski definition) is 6. The third-order valence-electron chi connectivity index (χ3n) is 4.68. The Labute approximate surface area is 218 Å². The molecule has 0 heterocycles. The number of benzene rings is 2. The van der Waals surface area contributed by atoms with Crippen LogP contribution >= 0.6 is 31.9 Å². The molecule has 0 aliphatic heterocycles. The molecule has 0 radical (unpaired) electrons. The van der Waals surface area contributed by atoms with Gasteiger partial charge in [0.1, 0.15) is 24.7 Å². The van der Waals surface area contributed by atoms with E-state index in [0.717, 1.165) is 0 Å². The van der Waals surface area contributed by atoms with E-state index in [4.69, 9.17) is 18.9 Å². The lowest BCUT2D eigenvalue weighted by molar-refractivity contribution is 0.0273. The van der Waals surface area contributed by atoms with Gasteiger partial charge in [0, 0.05) is 11.1 Å². The molecule has 0 saturated carbocycles. The lowest BCUT2D eigenvalue weighted by Crippen LogP contribution is -2.23. The standard InChI is InChI=1S/C26H32Br2O6/c1-25(2,27)23(29)19-5-9-21(10-6-19)33-17-15-31-13-14-32-16-18-34-22-11-7-20(8-12-22)24(30)26(3,4)28/h5-12H,13-18H2,1-4H3. The Morgan fingerprint density at radius 3 is 1.18 bits per heavy atom. The van der Waals surface area contributed by atoms with Crippen molar-refractivity contribution in [2.75, 3.05) is 39.6 Å². The number of carbonyl (C=O) groups excluding carboxylic acids is 2. The van der Waals surface area contributed by atoms with Crippen LogP contribution in [0, 0.1) is 0 Å². The van der Waals surface area contributed by atoms with Gasteiger partial charge in [-0.05, 0) is 76.2 Å². The summed E-state index contributed by atoms with van der Waals surface area (Å²) in [6, 6.07) is 14.2. The molecule has 0 spiro atoms. The molecular formula is C26H32Br2O6. The van der Waals surface area contributed by atoms with Crippen LogP contribution in [0.15, 0.2) is 48.5 Å². The average Bonchev–Trinajstić information content (AvgIpc) is 2.79. The normalized spacial score (nSPS) is 11.8. The Balaban J connectivity index is 1.52. The molecule has 2 aromatic rings. The van der Waals surface area contributed by atoms with E-state index in [1.807, 2.05) is 27.7 Å². The van der Waals surface area contributed by atoms with E-state index in [-0.39, 0.29) is 11.6 Å². The minimum atomic E-state index is -0.588. The lowest BCUT2D eigenvalue weighted by atomic mass is 10.0. The molecule has 0 amide bonds. The summed E-state index contributed by atoms with van der Waals surface area (Å²) in [5, 5.41) is 0. The second kappa shape index (κ2) is 13.4. The Hall–Kier alpha value is -1.74. The van der Waals surface area contributed by atoms with E-state index < -0.39 is 8.65 Å².